The predicted octanol–water partition coefficient (Wildman–Crippen LogP) is 1.10. The number of fused-ring (bicyclic) bond motifs is 1. The molecular formula is C18H25N2O3S+. The Balaban J connectivity index is 1.52. The molecule has 0 unspecified atom stereocenters. The number of benzene rings is 1. The highest BCUT2D eigenvalue weighted by atomic mass is 32.2. The van der Waals surface area contributed by atoms with Gasteiger partial charge in [0.05, 0.1) is 31.4 Å². The fourth-order valence-electron chi connectivity index (χ4n) is 3.78. The maximum Gasteiger partial charge on any atom is 0.236 e. The van der Waals surface area contributed by atoms with Gasteiger partial charge in [-0.2, -0.15) is 0 Å². The highest BCUT2D eigenvalue weighted by Crippen LogP contribution is 2.44. The summed E-state index contributed by atoms with van der Waals surface area (Å²) in [6.07, 6.45) is 2.64. The molecule has 4 rings (SSSR count). The van der Waals surface area contributed by atoms with E-state index in [-0.39, 0.29) is 16.5 Å². The van der Waals surface area contributed by atoms with E-state index in [2.05, 4.69) is 11.0 Å². The van der Waals surface area contributed by atoms with Crippen LogP contribution < -0.4 is 14.4 Å². The number of likely N-dealkylation sites (tertiary alicyclic amines) is 1. The third-order valence-electron chi connectivity index (χ3n) is 5.12. The summed E-state index contributed by atoms with van der Waals surface area (Å²) in [5.74, 6) is 1.87. The Kier molecular flexibility index (Phi) is 4.59. The zero-order chi connectivity index (χ0) is 16.5. The second-order valence-electron chi connectivity index (χ2n) is 6.77. The van der Waals surface area contributed by atoms with Crippen LogP contribution in [0.2, 0.25) is 0 Å². The van der Waals surface area contributed by atoms with Crippen molar-refractivity contribution in [2.24, 2.45) is 0 Å². The molecule has 5 nitrogen and oxygen atoms in total. The van der Waals surface area contributed by atoms with Crippen LogP contribution in [-0.2, 0) is 4.79 Å². The summed E-state index contributed by atoms with van der Waals surface area (Å²) >= 11 is 1.74. The second-order valence-corrected chi connectivity index (χ2v) is 8.20. The highest BCUT2D eigenvalue weighted by Gasteiger charge is 2.39. The van der Waals surface area contributed by atoms with Crippen LogP contribution in [0.15, 0.2) is 18.2 Å². The van der Waals surface area contributed by atoms with Crippen LogP contribution >= 0.6 is 11.8 Å². The molecule has 2 fully saturated rings. The van der Waals surface area contributed by atoms with Crippen molar-refractivity contribution in [3.63, 3.8) is 0 Å². The minimum atomic E-state index is 0.0248. The summed E-state index contributed by atoms with van der Waals surface area (Å²) in [6, 6.07) is 6.10. The molecule has 0 spiro atoms. The van der Waals surface area contributed by atoms with Gasteiger partial charge in [0.15, 0.2) is 11.5 Å². The Morgan fingerprint density at radius 1 is 1.21 bits per heavy atom. The van der Waals surface area contributed by atoms with Crippen LogP contribution in [0.3, 0.4) is 0 Å². The van der Waals surface area contributed by atoms with Gasteiger partial charge in [0.1, 0.15) is 18.6 Å². The molecule has 2 saturated heterocycles. The van der Waals surface area contributed by atoms with Crippen LogP contribution in [0.4, 0.5) is 0 Å². The van der Waals surface area contributed by atoms with E-state index < -0.39 is 0 Å². The second kappa shape index (κ2) is 6.84. The van der Waals surface area contributed by atoms with E-state index in [0.29, 0.717) is 13.2 Å². The maximum atomic E-state index is 12.6. The van der Waals surface area contributed by atoms with Crippen molar-refractivity contribution in [3.8, 4) is 11.5 Å². The predicted molar refractivity (Wildman–Crippen MR) is 93.7 cm³/mol. The van der Waals surface area contributed by atoms with E-state index in [1.807, 2.05) is 19.1 Å². The Morgan fingerprint density at radius 2 is 1.96 bits per heavy atom. The average molecular weight is 349 g/mol. The van der Waals surface area contributed by atoms with Gasteiger partial charge in [-0.15, -0.1) is 11.8 Å². The van der Waals surface area contributed by atoms with Crippen molar-refractivity contribution in [2.75, 3.05) is 39.4 Å². The first kappa shape index (κ1) is 16.1. The molecule has 0 aromatic heterocycles. The summed E-state index contributed by atoms with van der Waals surface area (Å²) in [7, 11) is 0. The summed E-state index contributed by atoms with van der Waals surface area (Å²) in [5.41, 5.74) is 1.14. The fourth-order valence-corrected chi connectivity index (χ4v) is 5.08. The third-order valence-corrected chi connectivity index (χ3v) is 6.51. The third kappa shape index (κ3) is 3.09. The van der Waals surface area contributed by atoms with Gasteiger partial charge in [-0.25, -0.2) is 0 Å². The number of hydrogen-bond acceptors (Lipinski definition) is 4. The summed E-state index contributed by atoms with van der Waals surface area (Å²) in [6.45, 7) is 7.60. The molecule has 0 radical (unpaired) electrons. The molecule has 0 aliphatic carbocycles. The quantitative estimate of drug-likeness (QED) is 0.884. The van der Waals surface area contributed by atoms with Crippen LogP contribution in [0, 0.1) is 0 Å². The molecule has 0 bridgehead atoms. The number of thioether (sulfide) groups is 1. The number of rotatable bonds is 4. The molecule has 1 amide bonds. The lowest BCUT2D eigenvalue weighted by atomic mass is 10.1. The Labute approximate surface area is 147 Å². The lowest BCUT2D eigenvalue weighted by molar-refractivity contribution is -0.886. The Hall–Kier alpha value is -1.40. The van der Waals surface area contributed by atoms with Crippen LogP contribution in [0.1, 0.15) is 30.7 Å². The van der Waals surface area contributed by atoms with E-state index in [1.54, 1.807) is 16.7 Å². The minimum absolute atomic E-state index is 0.0248. The van der Waals surface area contributed by atoms with Gasteiger partial charge >= 0.3 is 0 Å². The first-order valence-electron chi connectivity index (χ1n) is 8.91. The van der Waals surface area contributed by atoms with Gasteiger partial charge in [0, 0.05) is 12.8 Å². The smallest absolute Gasteiger partial charge is 0.236 e. The maximum absolute atomic E-state index is 12.6. The standard InChI is InChI=1S/C18H24N2O3S/c1-13-17(21)20(9-8-19-6-2-3-7-19)18(24-13)14-4-5-15-16(12-14)23-11-10-22-15/h4-5,12-13,18H,2-3,6-11H2,1H3/p+1/t13-,18-/m1/s1. The van der Waals surface area contributed by atoms with Crippen LogP contribution in [0.25, 0.3) is 0 Å². The molecular weight excluding hydrogens is 324 g/mol. The van der Waals surface area contributed by atoms with E-state index in [9.17, 15) is 4.79 Å². The molecule has 3 aliphatic heterocycles. The first-order chi connectivity index (χ1) is 11.7. The number of carbonyl (C=O) groups excluding carboxylic acids is 1. The largest absolute Gasteiger partial charge is 0.486 e. The molecule has 130 valence electrons. The van der Waals surface area contributed by atoms with Gasteiger partial charge in [0.2, 0.25) is 5.91 Å². The monoisotopic (exact) mass is 349 g/mol. The number of amides is 1. The van der Waals surface area contributed by atoms with Crippen LogP contribution in [0.5, 0.6) is 11.5 Å². The zero-order valence-electron chi connectivity index (χ0n) is 14.1. The van der Waals surface area contributed by atoms with Crippen molar-refractivity contribution < 1.29 is 19.2 Å². The van der Waals surface area contributed by atoms with E-state index >= 15 is 0 Å². The molecule has 6 heteroatoms. The lowest BCUT2D eigenvalue weighted by Crippen LogP contribution is -3.10. The van der Waals surface area contributed by atoms with Crippen molar-refractivity contribution in [1.82, 2.24) is 4.90 Å². The number of nitrogens with zero attached hydrogens (tertiary/aromatic N) is 1. The summed E-state index contributed by atoms with van der Waals surface area (Å²) in [5, 5.41) is 0.113. The number of quaternary nitrogens is 1. The van der Waals surface area contributed by atoms with Gasteiger partial charge in [0.25, 0.3) is 0 Å². The topological polar surface area (TPSA) is 43.2 Å². The molecule has 0 saturated carbocycles. The van der Waals surface area contributed by atoms with Gasteiger partial charge in [-0.05, 0) is 24.6 Å². The zero-order valence-corrected chi connectivity index (χ0v) is 14.9. The van der Waals surface area contributed by atoms with Crippen molar-refractivity contribution in [2.45, 2.75) is 30.4 Å². The number of hydrogen-bond donors (Lipinski definition) is 1. The Bertz CT molecular complexity index is 618. The molecule has 2 atom stereocenters. The van der Waals surface area contributed by atoms with E-state index in [4.69, 9.17) is 9.47 Å². The minimum Gasteiger partial charge on any atom is -0.486 e. The molecule has 24 heavy (non-hydrogen) atoms. The molecule has 3 aliphatic rings. The SMILES string of the molecule is C[C@H]1S[C@H](c2ccc3c(c2)OCCO3)N(CC[NH+]2CCCC2)C1=O. The fraction of sp³-hybridized carbons (Fsp3) is 0.611. The highest BCUT2D eigenvalue weighted by molar-refractivity contribution is 8.01. The summed E-state index contributed by atoms with van der Waals surface area (Å²) < 4.78 is 11.3. The normalized spacial score (nSPS) is 27.0. The van der Waals surface area contributed by atoms with Gasteiger partial charge in [-0.1, -0.05) is 6.07 Å². The van der Waals surface area contributed by atoms with E-state index in [0.717, 1.165) is 30.2 Å². The molecule has 3 heterocycles. The number of ether oxygens (including phenoxy) is 2. The molecule has 1 aromatic rings. The van der Waals surface area contributed by atoms with Crippen molar-refractivity contribution in [3.05, 3.63) is 23.8 Å². The first-order valence-corrected chi connectivity index (χ1v) is 9.86. The molecule has 1 N–H and O–H groups in total. The van der Waals surface area contributed by atoms with E-state index in [1.165, 1.54) is 25.9 Å². The molecule has 1 aromatic carbocycles. The number of nitrogens with one attached hydrogen (secondary N) is 1. The number of carbonyl (C=O) groups is 1. The summed E-state index contributed by atoms with van der Waals surface area (Å²) in [4.78, 5) is 16.3. The van der Waals surface area contributed by atoms with Gasteiger partial charge < -0.3 is 19.3 Å². The average Bonchev–Trinajstić information content (AvgIpc) is 3.22. The van der Waals surface area contributed by atoms with Gasteiger partial charge in [-0.3, -0.25) is 4.79 Å². The van der Waals surface area contributed by atoms with Crippen molar-refractivity contribution in [1.29, 1.82) is 0 Å². The van der Waals surface area contributed by atoms with Crippen molar-refractivity contribution >= 4 is 17.7 Å². The van der Waals surface area contributed by atoms with Crippen LogP contribution in [-0.4, -0.2) is 55.4 Å². The Morgan fingerprint density at radius 3 is 2.75 bits per heavy atom. The lowest BCUT2D eigenvalue weighted by Gasteiger charge is -2.26.